The second-order valence-electron chi connectivity index (χ2n) is 11.4. The fourth-order valence-corrected chi connectivity index (χ4v) is 6.28. The van der Waals surface area contributed by atoms with Crippen LogP contribution in [0.4, 0.5) is 23.4 Å². The average molecular weight is 636 g/mol. The third-order valence-corrected chi connectivity index (χ3v) is 8.60. The Morgan fingerprint density at radius 1 is 1.15 bits per heavy atom. The molecule has 1 amide bonds. The van der Waals surface area contributed by atoms with Crippen molar-refractivity contribution in [1.82, 2.24) is 24.8 Å². The number of hydrogen-bond acceptors (Lipinski definition) is 8. The molecule has 4 aromatic rings. The van der Waals surface area contributed by atoms with Crippen molar-refractivity contribution in [2.45, 2.75) is 31.3 Å². The Morgan fingerprint density at radius 2 is 1.96 bits per heavy atom. The molecule has 46 heavy (non-hydrogen) atoms. The maximum Gasteiger partial charge on any atom is 0.319 e. The van der Waals surface area contributed by atoms with E-state index in [2.05, 4.69) is 26.4 Å². The molecule has 0 unspecified atom stereocenters. The molecular formula is C32H29F4N7O3. The van der Waals surface area contributed by atoms with Crippen molar-refractivity contribution >= 4 is 33.4 Å². The van der Waals surface area contributed by atoms with Gasteiger partial charge in [-0.2, -0.15) is 15.2 Å². The lowest BCUT2D eigenvalue weighted by molar-refractivity contribution is -0.131. The molecule has 10 nitrogen and oxygen atoms in total. The first kappa shape index (κ1) is 31.0. The van der Waals surface area contributed by atoms with Gasteiger partial charge in [0.1, 0.15) is 29.6 Å². The van der Waals surface area contributed by atoms with E-state index in [9.17, 15) is 19.2 Å². The second-order valence-corrected chi connectivity index (χ2v) is 11.4. The van der Waals surface area contributed by atoms with Crippen molar-refractivity contribution in [2.75, 3.05) is 44.7 Å². The third-order valence-electron chi connectivity index (χ3n) is 8.60. The first-order valence-corrected chi connectivity index (χ1v) is 14.7. The summed E-state index contributed by atoms with van der Waals surface area (Å²) in [4.78, 5) is 41.1. The first-order chi connectivity index (χ1) is 22.1. The van der Waals surface area contributed by atoms with Gasteiger partial charge in [0, 0.05) is 42.5 Å². The molecule has 0 saturated carbocycles. The lowest BCUT2D eigenvalue weighted by Gasteiger charge is -2.41. The minimum absolute atomic E-state index is 0.0175. The van der Waals surface area contributed by atoms with Gasteiger partial charge in [0.2, 0.25) is 5.56 Å². The highest BCUT2D eigenvalue weighted by Crippen LogP contribution is 2.38. The number of anilines is 1. The number of H-pyrrole nitrogens is 1. The van der Waals surface area contributed by atoms with Crippen LogP contribution in [0.15, 0.2) is 47.5 Å². The summed E-state index contributed by atoms with van der Waals surface area (Å²) in [7, 11) is 1.95. The Hall–Kier alpha value is -5.03. The molecule has 2 aliphatic rings. The fourth-order valence-electron chi connectivity index (χ4n) is 6.28. The number of likely N-dealkylation sites (N-methyl/N-ethyl adjacent to an activating group) is 1. The monoisotopic (exact) mass is 635 g/mol. The van der Waals surface area contributed by atoms with Crippen molar-refractivity contribution < 1.29 is 27.1 Å². The molecule has 2 aromatic carbocycles. The lowest BCUT2D eigenvalue weighted by atomic mass is 10.0. The van der Waals surface area contributed by atoms with Crippen LogP contribution in [0, 0.1) is 28.8 Å². The van der Waals surface area contributed by atoms with Crippen LogP contribution in [0.5, 0.6) is 6.01 Å². The van der Waals surface area contributed by atoms with E-state index >= 15 is 13.2 Å². The number of amides is 1. The van der Waals surface area contributed by atoms with Gasteiger partial charge >= 0.3 is 6.01 Å². The fraction of sp³-hybridized carbons (Fsp3) is 0.344. The summed E-state index contributed by atoms with van der Waals surface area (Å²) in [5.74, 6) is -5.13. The smallest absolute Gasteiger partial charge is 0.319 e. The van der Waals surface area contributed by atoms with E-state index in [0.29, 0.717) is 0 Å². The van der Waals surface area contributed by atoms with Gasteiger partial charge < -0.3 is 24.4 Å². The van der Waals surface area contributed by atoms with Crippen LogP contribution in [0.3, 0.4) is 0 Å². The summed E-state index contributed by atoms with van der Waals surface area (Å²) in [6.07, 6.45) is 1.69. The number of fused-ring (bicyclic) bond motifs is 2. The van der Waals surface area contributed by atoms with Crippen molar-refractivity contribution in [3.8, 4) is 23.3 Å². The summed E-state index contributed by atoms with van der Waals surface area (Å²) in [6.45, 7) is 4.17. The number of benzene rings is 2. The zero-order valence-corrected chi connectivity index (χ0v) is 24.8. The zero-order valence-electron chi connectivity index (χ0n) is 24.8. The van der Waals surface area contributed by atoms with Crippen LogP contribution in [0.1, 0.15) is 19.3 Å². The number of ether oxygens (including phenoxy) is 1. The number of nitrogens with one attached hydrogen (secondary N) is 1. The first-order valence-electron chi connectivity index (χ1n) is 14.7. The molecule has 0 radical (unpaired) electrons. The average Bonchev–Trinajstić information content (AvgIpc) is 3.43. The molecule has 2 aromatic heterocycles. The largest absolute Gasteiger partial charge is 0.462 e. The van der Waals surface area contributed by atoms with Gasteiger partial charge in [0.15, 0.2) is 11.6 Å². The van der Waals surface area contributed by atoms with Gasteiger partial charge in [-0.3, -0.25) is 9.59 Å². The number of nitriles is 1. The van der Waals surface area contributed by atoms with Crippen LogP contribution < -0.4 is 15.2 Å². The zero-order chi connectivity index (χ0) is 32.7. The Balaban J connectivity index is 1.51. The summed E-state index contributed by atoms with van der Waals surface area (Å²) >= 11 is 0. The molecule has 0 bridgehead atoms. The highest BCUT2D eigenvalue weighted by atomic mass is 19.1. The maximum absolute atomic E-state index is 16.6. The van der Waals surface area contributed by atoms with Crippen molar-refractivity contribution in [1.29, 1.82) is 5.26 Å². The molecule has 1 N–H and O–H groups in total. The molecule has 2 atom stereocenters. The van der Waals surface area contributed by atoms with Crippen molar-refractivity contribution in [2.24, 2.45) is 0 Å². The summed E-state index contributed by atoms with van der Waals surface area (Å²) in [6, 6.07) is 7.15. The van der Waals surface area contributed by atoms with Crippen molar-refractivity contribution in [3.05, 3.63) is 70.5 Å². The Labute approximate surface area is 260 Å². The van der Waals surface area contributed by atoms with E-state index < -0.39 is 46.4 Å². The number of nitrogens with zero attached hydrogens (tertiary/aromatic N) is 6. The van der Waals surface area contributed by atoms with Crippen LogP contribution >= 0.6 is 0 Å². The van der Waals surface area contributed by atoms with E-state index in [1.54, 1.807) is 4.90 Å². The Bertz CT molecular complexity index is 1980. The van der Waals surface area contributed by atoms with Crippen molar-refractivity contribution in [3.63, 3.8) is 0 Å². The van der Waals surface area contributed by atoms with Crippen LogP contribution in [-0.2, 0) is 4.79 Å². The molecule has 2 saturated heterocycles. The maximum atomic E-state index is 16.6. The molecular weight excluding hydrogens is 606 g/mol. The molecule has 14 heteroatoms. The Morgan fingerprint density at radius 3 is 2.67 bits per heavy atom. The Kier molecular flexibility index (Phi) is 8.35. The van der Waals surface area contributed by atoms with E-state index in [4.69, 9.17) is 4.74 Å². The van der Waals surface area contributed by atoms with Crippen LogP contribution in [0.2, 0.25) is 0 Å². The van der Waals surface area contributed by atoms with Gasteiger partial charge in [-0.1, -0.05) is 18.7 Å². The predicted octanol–water partition coefficient (Wildman–Crippen LogP) is 4.44. The number of aromatic amines is 1. The standard InChI is InChI=1S/C32H29F4N7O3/c1-17(33)31(45)43-12-11-42(15-19(43)8-9-37)30-21-14-23(35)26(29-25-18(13-24(44)38-29)5-3-7-22(25)34)27(36)28(21)39-32(40-30)46-16-20-6-4-10-41(20)2/h3,5,7,13-14,19-20H,1,4,6,8,10-12,15-16H2,2H3,(H,38,44)/t19-,20-/m0/s1. The van der Waals surface area contributed by atoms with E-state index in [-0.39, 0.29) is 77.9 Å². The number of piperazine rings is 1. The highest BCUT2D eigenvalue weighted by molar-refractivity contribution is 5.99. The summed E-state index contributed by atoms with van der Waals surface area (Å²) in [5, 5.41) is 9.34. The van der Waals surface area contributed by atoms with Gasteiger partial charge in [-0.15, -0.1) is 0 Å². The SMILES string of the molecule is C=C(F)C(=O)N1CCN(c2nc(OC[C@@H]3CCCN3C)nc3c(F)c(-c4[nH]c(=O)cc5cccc(F)c45)c(F)cc23)C[C@@H]1CC#N. The minimum Gasteiger partial charge on any atom is -0.462 e. The number of carbonyl (C=O) groups is 1. The molecule has 2 fully saturated rings. The molecule has 0 spiro atoms. The number of rotatable bonds is 7. The summed E-state index contributed by atoms with van der Waals surface area (Å²) < 4.78 is 67.4. The third kappa shape index (κ3) is 5.62. The lowest BCUT2D eigenvalue weighted by Crippen LogP contribution is -2.55. The molecule has 2 aliphatic heterocycles. The quantitative estimate of drug-likeness (QED) is 0.234. The number of halogens is 4. The highest BCUT2D eigenvalue weighted by Gasteiger charge is 2.34. The topological polar surface area (TPSA) is 118 Å². The number of pyridine rings is 1. The minimum atomic E-state index is -1.18. The predicted molar refractivity (Wildman–Crippen MR) is 162 cm³/mol. The molecule has 238 valence electrons. The van der Waals surface area contributed by atoms with Crippen LogP contribution in [-0.4, -0.2) is 82.6 Å². The van der Waals surface area contributed by atoms with E-state index in [0.717, 1.165) is 37.6 Å². The second kappa shape index (κ2) is 12.4. The van der Waals surface area contributed by atoms with E-state index in [1.807, 2.05) is 13.1 Å². The number of aromatic nitrogens is 3. The van der Waals surface area contributed by atoms with Gasteiger partial charge in [0.25, 0.3) is 5.91 Å². The normalized spacial score (nSPS) is 18.7. The van der Waals surface area contributed by atoms with Gasteiger partial charge in [0.05, 0.1) is 29.8 Å². The number of carbonyl (C=O) groups excluding carboxylic acids is 1. The molecule has 4 heterocycles. The molecule has 6 rings (SSSR count). The van der Waals surface area contributed by atoms with E-state index in [1.165, 1.54) is 17.0 Å². The molecule has 0 aliphatic carbocycles. The number of hydrogen-bond donors (Lipinski definition) is 1. The van der Waals surface area contributed by atoms with Gasteiger partial charge in [-0.25, -0.2) is 17.6 Å². The van der Waals surface area contributed by atoms with Crippen LogP contribution in [0.25, 0.3) is 32.9 Å². The number of likely N-dealkylation sites (tertiary alicyclic amines) is 1. The van der Waals surface area contributed by atoms with Gasteiger partial charge in [-0.05, 0) is 44.0 Å². The summed E-state index contributed by atoms with van der Waals surface area (Å²) in [5.41, 5.74) is -2.11.